The summed E-state index contributed by atoms with van der Waals surface area (Å²) >= 11 is 0. The van der Waals surface area contributed by atoms with E-state index in [0.29, 0.717) is 12.3 Å². The van der Waals surface area contributed by atoms with Gasteiger partial charge in [0.25, 0.3) is 0 Å². The lowest BCUT2D eigenvalue weighted by atomic mass is 9.99. The minimum absolute atomic E-state index is 0.376. The van der Waals surface area contributed by atoms with E-state index in [0.717, 1.165) is 5.56 Å². The lowest BCUT2D eigenvalue weighted by molar-refractivity contribution is 0.184. The molecular formula is C13H16O. The monoisotopic (exact) mass is 188 g/mol. The first-order valence-corrected chi connectivity index (χ1v) is 4.86. The quantitative estimate of drug-likeness (QED) is 0.723. The Morgan fingerprint density at radius 2 is 1.71 bits per heavy atom. The Labute approximate surface area is 85.8 Å². The number of aliphatic hydroxyl groups is 1. The number of hydrogen-bond acceptors (Lipinski definition) is 1. The minimum atomic E-state index is -0.527. The molecule has 0 radical (unpaired) electrons. The Bertz CT molecular complexity index is 316. The third-order valence-corrected chi connectivity index (χ3v) is 2.30. The molecule has 1 unspecified atom stereocenters. The summed E-state index contributed by atoms with van der Waals surface area (Å²) in [5, 5.41) is 9.61. The zero-order valence-corrected chi connectivity index (χ0v) is 8.70. The summed E-state index contributed by atoms with van der Waals surface area (Å²) in [6, 6.07) is 7.97. The highest BCUT2D eigenvalue weighted by Gasteiger charge is 2.05. The van der Waals surface area contributed by atoms with Crippen molar-refractivity contribution in [2.24, 2.45) is 0 Å². The van der Waals surface area contributed by atoms with Gasteiger partial charge < -0.3 is 5.11 Å². The molecule has 74 valence electrons. The van der Waals surface area contributed by atoms with E-state index in [4.69, 9.17) is 6.42 Å². The second-order valence-electron chi connectivity index (χ2n) is 3.75. The van der Waals surface area contributed by atoms with Gasteiger partial charge in [-0.3, -0.25) is 0 Å². The van der Waals surface area contributed by atoms with Crippen LogP contribution in [0.15, 0.2) is 24.3 Å². The maximum atomic E-state index is 9.61. The standard InChI is InChI=1S/C13H16O/c1-4-5-13(14)12-8-6-11(7-9-12)10(2)3/h1,6-10,13-14H,5H2,2-3H3. The molecule has 0 amide bonds. The average Bonchev–Trinajstić information content (AvgIpc) is 2.18. The molecule has 0 fully saturated rings. The molecule has 1 rings (SSSR count). The Kier molecular flexibility index (Phi) is 3.73. The van der Waals surface area contributed by atoms with E-state index in [1.165, 1.54) is 5.56 Å². The van der Waals surface area contributed by atoms with E-state index >= 15 is 0 Å². The molecule has 1 nitrogen and oxygen atoms in total. The smallest absolute Gasteiger partial charge is 0.0899 e. The van der Waals surface area contributed by atoms with Gasteiger partial charge in [0.1, 0.15) is 0 Å². The fourth-order valence-corrected chi connectivity index (χ4v) is 1.33. The topological polar surface area (TPSA) is 20.2 Å². The van der Waals surface area contributed by atoms with Gasteiger partial charge in [-0.1, -0.05) is 38.1 Å². The van der Waals surface area contributed by atoms with Gasteiger partial charge >= 0.3 is 0 Å². The van der Waals surface area contributed by atoms with Crippen molar-refractivity contribution < 1.29 is 5.11 Å². The van der Waals surface area contributed by atoms with E-state index in [2.05, 4.69) is 19.8 Å². The molecular weight excluding hydrogens is 172 g/mol. The third-order valence-electron chi connectivity index (χ3n) is 2.30. The molecule has 0 saturated carbocycles. The zero-order chi connectivity index (χ0) is 10.6. The van der Waals surface area contributed by atoms with Gasteiger partial charge in [0.05, 0.1) is 6.10 Å². The molecule has 14 heavy (non-hydrogen) atoms. The SMILES string of the molecule is C#CCC(O)c1ccc(C(C)C)cc1. The predicted molar refractivity (Wildman–Crippen MR) is 58.9 cm³/mol. The van der Waals surface area contributed by atoms with Crippen molar-refractivity contribution in [2.45, 2.75) is 32.3 Å². The molecule has 0 bridgehead atoms. The van der Waals surface area contributed by atoms with Crippen molar-refractivity contribution in [1.29, 1.82) is 0 Å². The highest BCUT2D eigenvalue weighted by molar-refractivity contribution is 5.26. The fraction of sp³-hybridized carbons (Fsp3) is 0.385. The van der Waals surface area contributed by atoms with E-state index in [1.54, 1.807) is 0 Å². The van der Waals surface area contributed by atoms with Crippen molar-refractivity contribution in [3.8, 4) is 12.3 Å². The van der Waals surface area contributed by atoms with Gasteiger partial charge in [-0.2, -0.15) is 0 Å². The lowest BCUT2D eigenvalue weighted by Gasteiger charge is -2.10. The minimum Gasteiger partial charge on any atom is -0.387 e. The largest absolute Gasteiger partial charge is 0.387 e. The molecule has 0 aliphatic rings. The highest BCUT2D eigenvalue weighted by atomic mass is 16.3. The summed E-state index contributed by atoms with van der Waals surface area (Å²) in [5.41, 5.74) is 2.18. The van der Waals surface area contributed by atoms with Crippen molar-refractivity contribution in [1.82, 2.24) is 0 Å². The van der Waals surface area contributed by atoms with E-state index in [1.807, 2.05) is 24.3 Å². The van der Waals surface area contributed by atoms with Gasteiger partial charge in [-0.25, -0.2) is 0 Å². The summed E-state index contributed by atoms with van der Waals surface area (Å²) in [7, 11) is 0. The van der Waals surface area contributed by atoms with Crippen LogP contribution in [0.2, 0.25) is 0 Å². The lowest BCUT2D eigenvalue weighted by Crippen LogP contribution is -1.96. The first kappa shape index (κ1) is 10.8. The van der Waals surface area contributed by atoms with Crippen LogP contribution < -0.4 is 0 Å². The maximum Gasteiger partial charge on any atom is 0.0899 e. The van der Waals surface area contributed by atoms with E-state index < -0.39 is 6.10 Å². The normalized spacial score (nSPS) is 12.5. The van der Waals surface area contributed by atoms with Crippen LogP contribution in [0.5, 0.6) is 0 Å². The zero-order valence-electron chi connectivity index (χ0n) is 8.70. The Hall–Kier alpha value is -1.26. The summed E-state index contributed by atoms with van der Waals surface area (Å²) in [6.07, 6.45) is 4.98. The molecule has 0 spiro atoms. The van der Waals surface area contributed by atoms with Crippen molar-refractivity contribution in [3.05, 3.63) is 35.4 Å². The van der Waals surface area contributed by atoms with Crippen LogP contribution >= 0.6 is 0 Å². The highest BCUT2D eigenvalue weighted by Crippen LogP contribution is 2.20. The fourth-order valence-electron chi connectivity index (χ4n) is 1.33. The molecule has 1 aromatic carbocycles. The molecule has 1 heteroatoms. The first-order chi connectivity index (χ1) is 6.65. The van der Waals surface area contributed by atoms with Crippen LogP contribution in [0.1, 0.15) is 43.4 Å². The number of aliphatic hydroxyl groups excluding tert-OH is 1. The predicted octanol–water partition coefficient (Wildman–Crippen LogP) is 2.87. The van der Waals surface area contributed by atoms with Crippen LogP contribution in [0, 0.1) is 12.3 Å². The molecule has 1 atom stereocenters. The van der Waals surface area contributed by atoms with Crippen LogP contribution in [-0.2, 0) is 0 Å². The van der Waals surface area contributed by atoms with Crippen molar-refractivity contribution >= 4 is 0 Å². The van der Waals surface area contributed by atoms with Gasteiger partial charge in [0.2, 0.25) is 0 Å². The van der Waals surface area contributed by atoms with E-state index in [-0.39, 0.29) is 0 Å². The van der Waals surface area contributed by atoms with Crippen molar-refractivity contribution in [3.63, 3.8) is 0 Å². The summed E-state index contributed by atoms with van der Waals surface area (Å²) in [6.45, 7) is 4.29. The van der Waals surface area contributed by atoms with Gasteiger partial charge in [0.15, 0.2) is 0 Å². The van der Waals surface area contributed by atoms with Crippen LogP contribution in [-0.4, -0.2) is 5.11 Å². The van der Waals surface area contributed by atoms with Gasteiger partial charge in [0, 0.05) is 6.42 Å². The Balaban J connectivity index is 2.78. The second kappa shape index (κ2) is 4.83. The summed E-state index contributed by atoms with van der Waals surface area (Å²) in [5.74, 6) is 2.98. The second-order valence-corrected chi connectivity index (χ2v) is 3.75. The maximum absolute atomic E-state index is 9.61. The summed E-state index contributed by atoms with van der Waals surface area (Å²) in [4.78, 5) is 0. The molecule has 1 aromatic rings. The van der Waals surface area contributed by atoms with Crippen LogP contribution in [0.3, 0.4) is 0 Å². The average molecular weight is 188 g/mol. The number of rotatable bonds is 3. The van der Waals surface area contributed by atoms with Gasteiger partial charge in [-0.05, 0) is 17.0 Å². The molecule has 0 aromatic heterocycles. The number of hydrogen-bond donors (Lipinski definition) is 1. The van der Waals surface area contributed by atoms with Crippen LogP contribution in [0.4, 0.5) is 0 Å². The Morgan fingerprint density at radius 1 is 1.21 bits per heavy atom. The van der Waals surface area contributed by atoms with Crippen molar-refractivity contribution in [2.75, 3.05) is 0 Å². The van der Waals surface area contributed by atoms with Gasteiger partial charge in [-0.15, -0.1) is 12.3 Å². The first-order valence-electron chi connectivity index (χ1n) is 4.86. The summed E-state index contributed by atoms with van der Waals surface area (Å²) < 4.78 is 0. The molecule has 0 saturated heterocycles. The van der Waals surface area contributed by atoms with Crippen LogP contribution in [0.25, 0.3) is 0 Å². The number of benzene rings is 1. The molecule has 0 aliphatic carbocycles. The Morgan fingerprint density at radius 3 is 2.14 bits per heavy atom. The third kappa shape index (κ3) is 2.61. The molecule has 0 heterocycles. The molecule has 0 aliphatic heterocycles. The van der Waals surface area contributed by atoms with E-state index in [9.17, 15) is 5.11 Å². The number of terminal acetylenes is 1. The molecule has 1 N–H and O–H groups in total.